The molecule has 1 amide bonds. The Morgan fingerprint density at radius 1 is 1.19 bits per heavy atom. The van der Waals surface area contributed by atoms with Gasteiger partial charge >= 0.3 is 0 Å². The monoisotopic (exact) mass is 352 g/mol. The predicted octanol–water partition coefficient (Wildman–Crippen LogP) is 3.10. The van der Waals surface area contributed by atoms with E-state index in [1.807, 2.05) is 43.3 Å². The van der Waals surface area contributed by atoms with Crippen molar-refractivity contribution in [2.75, 3.05) is 26.2 Å². The van der Waals surface area contributed by atoms with Crippen LogP contribution >= 0.6 is 0 Å². The Kier molecular flexibility index (Phi) is 6.42. The summed E-state index contributed by atoms with van der Waals surface area (Å²) >= 11 is 0. The summed E-state index contributed by atoms with van der Waals surface area (Å²) in [5.41, 5.74) is 4.24. The lowest BCUT2D eigenvalue weighted by atomic mass is 9.91. The summed E-state index contributed by atoms with van der Waals surface area (Å²) in [6.07, 6.45) is 2.40. The molecule has 1 atom stereocenters. The number of amides is 1. The van der Waals surface area contributed by atoms with Crippen LogP contribution in [0.2, 0.25) is 0 Å². The Bertz CT molecular complexity index is 721. The van der Waals surface area contributed by atoms with Crippen LogP contribution in [0.4, 0.5) is 0 Å². The van der Waals surface area contributed by atoms with E-state index in [2.05, 4.69) is 17.4 Å². The van der Waals surface area contributed by atoms with Crippen molar-refractivity contribution >= 4 is 5.91 Å². The number of benzene rings is 2. The van der Waals surface area contributed by atoms with Gasteiger partial charge in [0.05, 0.1) is 6.61 Å². The molecule has 0 saturated carbocycles. The molecule has 1 aliphatic heterocycles. The molecule has 3 rings (SSSR count). The van der Waals surface area contributed by atoms with Gasteiger partial charge in [-0.1, -0.05) is 36.4 Å². The predicted molar refractivity (Wildman–Crippen MR) is 104 cm³/mol. The maximum atomic E-state index is 12.9. The van der Waals surface area contributed by atoms with Gasteiger partial charge in [-0.2, -0.15) is 0 Å². The number of nitrogens with zero attached hydrogens (tertiary/aromatic N) is 1. The smallest absolute Gasteiger partial charge is 0.254 e. The van der Waals surface area contributed by atoms with Crippen molar-refractivity contribution in [2.45, 2.75) is 32.2 Å². The van der Waals surface area contributed by atoms with E-state index in [9.17, 15) is 9.90 Å². The Labute approximate surface area is 155 Å². The average molecular weight is 352 g/mol. The molecule has 0 aromatic heterocycles. The Balaban J connectivity index is 1.73. The standard InChI is InChI=1S/C22H28N2O2/c1-17-5-2-3-6-21(17)16-24(13-14-25)22(26)19-10-8-18(9-11-19)20-7-4-12-23-15-20/h2-3,5-6,8-11,20,23,25H,4,7,12-16H2,1H3/t20-/m0/s1. The van der Waals surface area contributed by atoms with Crippen LogP contribution in [0.3, 0.4) is 0 Å². The van der Waals surface area contributed by atoms with E-state index in [1.165, 1.54) is 18.4 Å². The van der Waals surface area contributed by atoms with Crippen LogP contribution in [0.5, 0.6) is 0 Å². The minimum atomic E-state index is -0.0382. The van der Waals surface area contributed by atoms with E-state index in [1.54, 1.807) is 4.90 Å². The van der Waals surface area contributed by atoms with E-state index in [4.69, 9.17) is 0 Å². The number of aryl methyl sites for hydroxylation is 1. The SMILES string of the molecule is Cc1ccccc1CN(CCO)C(=O)c1ccc([C@H]2CCCNC2)cc1. The molecular formula is C22H28N2O2. The normalized spacial score (nSPS) is 17.1. The molecule has 1 aliphatic rings. The molecule has 0 bridgehead atoms. The summed E-state index contributed by atoms with van der Waals surface area (Å²) in [5.74, 6) is 0.504. The van der Waals surface area contributed by atoms with E-state index in [0.717, 1.165) is 24.2 Å². The zero-order chi connectivity index (χ0) is 18.4. The van der Waals surface area contributed by atoms with Crippen LogP contribution in [0.25, 0.3) is 0 Å². The van der Waals surface area contributed by atoms with Gasteiger partial charge < -0.3 is 15.3 Å². The summed E-state index contributed by atoms with van der Waals surface area (Å²) in [4.78, 5) is 14.7. The van der Waals surface area contributed by atoms with E-state index < -0.39 is 0 Å². The first kappa shape index (κ1) is 18.6. The van der Waals surface area contributed by atoms with Crippen LogP contribution in [-0.2, 0) is 6.54 Å². The van der Waals surface area contributed by atoms with Gasteiger partial charge in [0.25, 0.3) is 5.91 Å². The zero-order valence-electron chi connectivity index (χ0n) is 15.4. The minimum Gasteiger partial charge on any atom is -0.395 e. The molecule has 1 saturated heterocycles. The van der Waals surface area contributed by atoms with Crippen molar-refractivity contribution in [3.63, 3.8) is 0 Å². The fourth-order valence-electron chi connectivity index (χ4n) is 3.58. The highest BCUT2D eigenvalue weighted by Gasteiger charge is 2.19. The molecule has 1 heterocycles. The number of rotatable bonds is 6. The third-order valence-corrected chi connectivity index (χ3v) is 5.21. The van der Waals surface area contributed by atoms with Gasteiger partial charge in [0.15, 0.2) is 0 Å². The first-order chi connectivity index (χ1) is 12.7. The van der Waals surface area contributed by atoms with Gasteiger partial charge in [-0.15, -0.1) is 0 Å². The van der Waals surface area contributed by atoms with Crippen molar-refractivity contribution < 1.29 is 9.90 Å². The quantitative estimate of drug-likeness (QED) is 0.840. The van der Waals surface area contributed by atoms with Crippen LogP contribution in [-0.4, -0.2) is 42.2 Å². The molecule has 0 aliphatic carbocycles. The fourth-order valence-corrected chi connectivity index (χ4v) is 3.58. The van der Waals surface area contributed by atoms with E-state index >= 15 is 0 Å². The highest BCUT2D eigenvalue weighted by Crippen LogP contribution is 2.24. The molecule has 2 aromatic rings. The van der Waals surface area contributed by atoms with Crippen LogP contribution < -0.4 is 5.32 Å². The highest BCUT2D eigenvalue weighted by molar-refractivity contribution is 5.94. The average Bonchev–Trinajstić information content (AvgIpc) is 2.69. The molecule has 138 valence electrons. The first-order valence-electron chi connectivity index (χ1n) is 9.44. The summed E-state index contributed by atoms with van der Waals surface area (Å²) < 4.78 is 0. The summed E-state index contributed by atoms with van der Waals surface area (Å²) in [6.45, 7) is 4.97. The summed E-state index contributed by atoms with van der Waals surface area (Å²) in [5, 5.41) is 12.8. The molecule has 0 radical (unpaired) electrons. The molecular weight excluding hydrogens is 324 g/mol. The van der Waals surface area contributed by atoms with Gasteiger partial charge in [-0.3, -0.25) is 4.79 Å². The maximum absolute atomic E-state index is 12.9. The number of carbonyl (C=O) groups excluding carboxylic acids is 1. The van der Waals surface area contributed by atoms with Crippen LogP contribution in [0.15, 0.2) is 48.5 Å². The second-order valence-corrected chi connectivity index (χ2v) is 7.04. The van der Waals surface area contributed by atoms with Gasteiger partial charge in [-0.05, 0) is 61.1 Å². The Morgan fingerprint density at radius 3 is 2.62 bits per heavy atom. The number of aliphatic hydroxyl groups is 1. The molecule has 26 heavy (non-hydrogen) atoms. The van der Waals surface area contributed by atoms with Crippen molar-refractivity contribution in [1.82, 2.24) is 10.2 Å². The van der Waals surface area contributed by atoms with Gasteiger partial charge in [-0.25, -0.2) is 0 Å². The number of aliphatic hydroxyl groups excluding tert-OH is 1. The van der Waals surface area contributed by atoms with Crippen molar-refractivity contribution in [2.24, 2.45) is 0 Å². The number of piperidine rings is 1. The van der Waals surface area contributed by atoms with Gasteiger partial charge in [0.1, 0.15) is 0 Å². The Morgan fingerprint density at radius 2 is 1.96 bits per heavy atom. The fraction of sp³-hybridized carbons (Fsp3) is 0.409. The van der Waals surface area contributed by atoms with E-state index in [-0.39, 0.29) is 12.5 Å². The minimum absolute atomic E-state index is 0.0318. The molecule has 4 nitrogen and oxygen atoms in total. The largest absolute Gasteiger partial charge is 0.395 e. The van der Waals surface area contributed by atoms with Crippen molar-refractivity contribution in [3.05, 3.63) is 70.8 Å². The topological polar surface area (TPSA) is 52.6 Å². The summed E-state index contributed by atoms with van der Waals surface area (Å²) in [7, 11) is 0. The number of nitrogens with one attached hydrogen (secondary N) is 1. The van der Waals surface area contributed by atoms with Crippen LogP contribution in [0, 0.1) is 6.92 Å². The number of hydrogen-bond donors (Lipinski definition) is 2. The second kappa shape index (κ2) is 8.97. The van der Waals surface area contributed by atoms with Crippen molar-refractivity contribution in [1.29, 1.82) is 0 Å². The van der Waals surface area contributed by atoms with Crippen molar-refractivity contribution in [3.8, 4) is 0 Å². The molecule has 0 unspecified atom stereocenters. The lowest BCUT2D eigenvalue weighted by Gasteiger charge is -2.25. The Hall–Kier alpha value is -2.17. The third kappa shape index (κ3) is 4.51. The summed E-state index contributed by atoms with van der Waals surface area (Å²) in [6, 6.07) is 16.1. The molecule has 1 fully saturated rings. The van der Waals surface area contributed by atoms with E-state index in [0.29, 0.717) is 24.6 Å². The van der Waals surface area contributed by atoms with Crippen LogP contribution in [0.1, 0.15) is 45.8 Å². The zero-order valence-corrected chi connectivity index (χ0v) is 15.4. The second-order valence-electron chi connectivity index (χ2n) is 7.04. The number of hydrogen-bond acceptors (Lipinski definition) is 3. The third-order valence-electron chi connectivity index (χ3n) is 5.21. The van der Waals surface area contributed by atoms with Gasteiger partial charge in [0, 0.05) is 25.2 Å². The highest BCUT2D eigenvalue weighted by atomic mass is 16.3. The molecule has 2 N–H and O–H groups in total. The molecule has 2 aromatic carbocycles. The maximum Gasteiger partial charge on any atom is 0.254 e. The lowest BCUT2D eigenvalue weighted by molar-refractivity contribution is 0.0707. The lowest BCUT2D eigenvalue weighted by Crippen LogP contribution is -2.33. The van der Waals surface area contributed by atoms with Gasteiger partial charge in [0.2, 0.25) is 0 Å². The number of carbonyl (C=O) groups is 1. The first-order valence-corrected chi connectivity index (χ1v) is 9.44. The molecule has 0 spiro atoms. The molecule has 4 heteroatoms.